The van der Waals surface area contributed by atoms with E-state index < -0.39 is 5.91 Å². The van der Waals surface area contributed by atoms with Gasteiger partial charge in [-0.3, -0.25) is 4.79 Å². The molecule has 0 fully saturated rings. The summed E-state index contributed by atoms with van der Waals surface area (Å²) in [5, 5.41) is 2.57. The number of nitrogens with zero attached hydrogens (tertiary/aromatic N) is 2. The molecule has 4 nitrogen and oxygen atoms in total. The highest BCUT2D eigenvalue weighted by atomic mass is 16.3. The molecule has 0 aliphatic carbocycles. The fourth-order valence-electron chi connectivity index (χ4n) is 3.63. The Balaban J connectivity index is 2.34. The van der Waals surface area contributed by atoms with Crippen molar-refractivity contribution >= 4 is 11.5 Å². The van der Waals surface area contributed by atoms with Gasteiger partial charge in [-0.05, 0) is 28.8 Å². The minimum atomic E-state index is -0.730. The molecule has 128 valence electrons. The highest BCUT2D eigenvalue weighted by molar-refractivity contribution is 5.97. The number of nitroso groups, excluding NO2 is 1. The molecule has 0 bridgehead atoms. The van der Waals surface area contributed by atoms with Gasteiger partial charge in [0.15, 0.2) is 0 Å². The predicted octanol–water partition coefficient (Wildman–Crippen LogP) is 4.84. The zero-order chi connectivity index (χ0) is 18.2. The number of benzene rings is 2. The SMILES string of the molecule is CN1Cc2ccc(C(=O)N=O)cc2C(c2ccccc2)=C1C(C)(C)C. The quantitative estimate of drug-likeness (QED) is 0.738. The Morgan fingerprint density at radius 1 is 1.08 bits per heavy atom. The molecule has 2 aromatic rings. The zero-order valence-corrected chi connectivity index (χ0v) is 15.0. The van der Waals surface area contributed by atoms with Gasteiger partial charge in [-0.1, -0.05) is 57.2 Å². The van der Waals surface area contributed by atoms with Crippen LogP contribution in [0, 0.1) is 10.3 Å². The molecular formula is C21H22N2O2. The van der Waals surface area contributed by atoms with Crippen LogP contribution in [0.25, 0.3) is 5.57 Å². The van der Waals surface area contributed by atoms with Crippen molar-refractivity contribution in [2.75, 3.05) is 7.05 Å². The summed E-state index contributed by atoms with van der Waals surface area (Å²) in [5.74, 6) is -0.730. The van der Waals surface area contributed by atoms with E-state index in [1.165, 1.54) is 5.70 Å². The van der Waals surface area contributed by atoms with E-state index in [0.29, 0.717) is 5.56 Å². The summed E-state index contributed by atoms with van der Waals surface area (Å²) in [4.78, 5) is 24.7. The molecule has 1 heterocycles. The van der Waals surface area contributed by atoms with Gasteiger partial charge in [-0.25, -0.2) is 0 Å². The van der Waals surface area contributed by atoms with Gasteiger partial charge < -0.3 is 4.90 Å². The largest absolute Gasteiger partial charge is 0.373 e. The summed E-state index contributed by atoms with van der Waals surface area (Å²) in [6, 6.07) is 15.6. The maximum Gasteiger partial charge on any atom is 0.316 e. The van der Waals surface area contributed by atoms with Crippen LogP contribution < -0.4 is 0 Å². The smallest absolute Gasteiger partial charge is 0.316 e. The van der Waals surface area contributed by atoms with Gasteiger partial charge >= 0.3 is 5.91 Å². The first-order valence-corrected chi connectivity index (χ1v) is 8.35. The maximum absolute atomic E-state index is 11.8. The summed E-state index contributed by atoms with van der Waals surface area (Å²) in [5.41, 5.74) is 5.83. The molecule has 0 spiro atoms. The number of fused-ring (bicyclic) bond motifs is 1. The van der Waals surface area contributed by atoms with Crippen LogP contribution in [0.2, 0.25) is 0 Å². The van der Waals surface area contributed by atoms with Crippen LogP contribution in [0.3, 0.4) is 0 Å². The van der Waals surface area contributed by atoms with Crippen LogP contribution >= 0.6 is 0 Å². The molecule has 3 rings (SSSR count). The van der Waals surface area contributed by atoms with Crippen molar-refractivity contribution in [1.82, 2.24) is 4.90 Å². The Labute approximate surface area is 148 Å². The van der Waals surface area contributed by atoms with Gasteiger partial charge in [0, 0.05) is 41.0 Å². The second-order valence-corrected chi connectivity index (χ2v) is 7.46. The Hall–Kier alpha value is -2.75. The number of amides is 1. The topological polar surface area (TPSA) is 49.7 Å². The molecule has 1 aliphatic heterocycles. The first-order chi connectivity index (χ1) is 11.8. The second kappa shape index (κ2) is 6.28. The summed E-state index contributed by atoms with van der Waals surface area (Å²) in [6.45, 7) is 7.33. The standard InChI is InChI=1S/C21H22N2O2/c1-21(2,3)19-18(14-8-6-5-7-9-14)17-12-15(20(24)22-25)10-11-16(17)13-23(19)4/h5-12H,13H2,1-4H3. The maximum atomic E-state index is 11.8. The lowest BCUT2D eigenvalue weighted by atomic mass is 9.79. The molecule has 25 heavy (non-hydrogen) atoms. The van der Waals surface area contributed by atoms with Crippen LogP contribution in [0.5, 0.6) is 0 Å². The van der Waals surface area contributed by atoms with E-state index in [1.807, 2.05) is 24.3 Å². The Kier molecular flexibility index (Phi) is 4.29. The molecule has 0 unspecified atom stereocenters. The molecule has 1 amide bonds. The third-order valence-corrected chi connectivity index (χ3v) is 4.51. The van der Waals surface area contributed by atoms with E-state index in [4.69, 9.17) is 0 Å². The molecule has 0 atom stereocenters. The normalized spacial score (nSPS) is 14.3. The highest BCUT2D eigenvalue weighted by Crippen LogP contribution is 2.43. The van der Waals surface area contributed by atoms with Crippen molar-refractivity contribution in [3.63, 3.8) is 0 Å². The monoisotopic (exact) mass is 334 g/mol. The fourth-order valence-corrected chi connectivity index (χ4v) is 3.63. The van der Waals surface area contributed by atoms with Gasteiger partial charge in [-0.2, -0.15) is 0 Å². The van der Waals surface area contributed by atoms with E-state index in [1.54, 1.807) is 12.1 Å². The fraction of sp³-hybridized carbons (Fsp3) is 0.286. The Bertz CT molecular complexity index is 861. The van der Waals surface area contributed by atoms with Crippen LogP contribution in [0.15, 0.2) is 59.4 Å². The van der Waals surface area contributed by atoms with E-state index in [2.05, 4.69) is 50.0 Å². The van der Waals surface area contributed by atoms with Crippen molar-refractivity contribution < 1.29 is 4.79 Å². The molecule has 0 saturated carbocycles. The minimum Gasteiger partial charge on any atom is -0.373 e. The Morgan fingerprint density at radius 2 is 1.76 bits per heavy atom. The Morgan fingerprint density at radius 3 is 2.36 bits per heavy atom. The van der Waals surface area contributed by atoms with Crippen molar-refractivity contribution in [3.8, 4) is 0 Å². The van der Waals surface area contributed by atoms with Gasteiger partial charge in [0.05, 0.1) is 0 Å². The summed E-state index contributed by atoms with van der Waals surface area (Å²) in [7, 11) is 2.10. The molecule has 0 aromatic heterocycles. The molecule has 4 heteroatoms. The molecule has 0 saturated heterocycles. The zero-order valence-electron chi connectivity index (χ0n) is 15.0. The lowest BCUT2D eigenvalue weighted by Crippen LogP contribution is -2.31. The first-order valence-electron chi connectivity index (χ1n) is 8.35. The number of hydrogen-bond donors (Lipinski definition) is 0. The second-order valence-electron chi connectivity index (χ2n) is 7.46. The van der Waals surface area contributed by atoms with Crippen LogP contribution in [0.4, 0.5) is 0 Å². The van der Waals surface area contributed by atoms with Crippen molar-refractivity contribution in [2.45, 2.75) is 27.3 Å². The van der Waals surface area contributed by atoms with Gasteiger partial charge in [-0.15, -0.1) is 4.91 Å². The number of carbonyl (C=O) groups is 1. The van der Waals surface area contributed by atoms with Crippen molar-refractivity contribution in [2.24, 2.45) is 10.6 Å². The molecule has 0 N–H and O–H groups in total. The molecule has 0 radical (unpaired) electrons. The minimum absolute atomic E-state index is 0.0689. The van der Waals surface area contributed by atoms with E-state index in [9.17, 15) is 9.70 Å². The summed E-state index contributed by atoms with van der Waals surface area (Å²) < 4.78 is 0. The first kappa shape index (κ1) is 17.1. The highest BCUT2D eigenvalue weighted by Gasteiger charge is 2.31. The number of carbonyl (C=O) groups excluding carboxylic acids is 1. The third kappa shape index (κ3) is 3.12. The summed E-state index contributed by atoms with van der Waals surface area (Å²) >= 11 is 0. The van der Waals surface area contributed by atoms with E-state index in [0.717, 1.165) is 28.8 Å². The average molecular weight is 334 g/mol. The van der Waals surface area contributed by atoms with Crippen LogP contribution in [-0.2, 0) is 6.54 Å². The van der Waals surface area contributed by atoms with Crippen molar-refractivity contribution in [1.29, 1.82) is 0 Å². The molecular weight excluding hydrogens is 312 g/mol. The average Bonchev–Trinajstić information content (AvgIpc) is 2.59. The summed E-state index contributed by atoms with van der Waals surface area (Å²) in [6.07, 6.45) is 0. The van der Waals surface area contributed by atoms with Crippen LogP contribution in [-0.4, -0.2) is 17.9 Å². The van der Waals surface area contributed by atoms with Crippen molar-refractivity contribution in [3.05, 3.63) is 81.4 Å². The van der Waals surface area contributed by atoms with Gasteiger partial charge in [0.2, 0.25) is 0 Å². The predicted molar refractivity (Wildman–Crippen MR) is 100.0 cm³/mol. The van der Waals surface area contributed by atoms with Gasteiger partial charge in [0.1, 0.15) is 0 Å². The lowest BCUT2D eigenvalue weighted by molar-refractivity contribution is 0.100. The molecule has 2 aromatic carbocycles. The van der Waals surface area contributed by atoms with E-state index >= 15 is 0 Å². The number of hydrogen-bond acceptors (Lipinski definition) is 3. The number of rotatable bonds is 2. The van der Waals surface area contributed by atoms with E-state index in [-0.39, 0.29) is 5.41 Å². The lowest BCUT2D eigenvalue weighted by Gasteiger charge is -2.39. The number of allylic oxidation sites excluding steroid dienone is 1. The third-order valence-electron chi connectivity index (χ3n) is 4.51. The van der Waals surface area contributed by atoms with Crippen LogP contribution in [0.1, 0.15) is 47.8 Å². The van der Waals surface area contributed by atoms with Gasteiger partial charge in [0.25, 0.3) is 0 Å². The molecule has 1 aliphatic rings.